The third kappa shape index (κ3) is 12.4. The Morgan fingerprint density at radius 2 is 0.545 bits per heavy atom. The van der Waals surface area contributed by atoms with Crippen LogP contribution in [0.5, 0.6) is 0 Å². The summed E-state index contributed by atoms with van der Waals surface area (Å²) in [6.45, 7) is 0. The van der Waals surface area contributed by atoms with E-state index in [1.807, 2.05) is 84.1 Å². The molecule has 0 fully saturated rings. The summed E-state index contributed by atoms with van der Waals surface area (Å²) in [4.78, 5) is 35.1. The van der Waals surface area contributed by atoms with Crippen LogP contribution < -0.4 is 9.80 Å². The van der Waals surface area contributed by atoms with Gasteiger partial charge in [0.2, 0.25) is 0 Å². The third-order valence-electron chi connectivity index (χ3n) is 20.5. The second-order valence-corrected chi connectivity index (χ2v) is 29.5. The summed E-state index contributed by atoms with van der Waals surface area (Å²) in [6.07, 6.45) is 0. The first-order valence-corrected chi connectivity index (χ1v) is 38.4. The van der Waals surface area contributed by atoms with Crippen molar-refractivity contribution < 1.29 is 0 Å². The molecule has 0 radical (unpaired) electrons. The smallest absolute Gasteiger partial charge is 0.165 e. The fourth-order valence-corrected chi connectivity index (χ4v) is 17.6. The van der Waals surface area contributed by atoms with E-state index in [4.69, 9.17) is 29.9 Å². The summed E-state index contributed by atoms with van der Waals surface area (Å²) in [7, 11) is 0. The van der Waals surface area contributed by atoms with Crippen molar-refractivity contribution in [1.82, 2.24) is 29.9 Å². The van der Waals surface area contributed by atoms with Crippen molar-refractivity contribution in [3.8, 4) is 79.5 Å². The Kier molecular flexibility index (Phi) is 16.8. The van der Waals surface area contributed by atoms with Gasteiger partial charge in [0.15, 0.2) is 34.9 Å². The van der Waals surface area contributed by atoms with E-state index in [1.54, 1.807) is 11.3 Å². The number of thiophene rings is 2. The maximum absolute atomic E-state index is 5.14. The summed E-state index contributed by atoms with van der Waals surface area (Å²) in [5.41, 5.74) is 14.8. The van der Waals surface area contributed by atoms with Gasteiger partial charge in [-0.1, -0.05) is 285 Å². The largest absolute Gasteiger partial charge is 0.311 e. The Balaban J connectivity index is 0.000000144. The van der Waals surface area contributed by atoms with Crippen molar-refractivity contribution >= 4 is 140 Å². The van der Waals surface area contributed by atoms with Gasteiger partial charge in [0.25, 0.3) is 0 Å². The zero-order chi connectivity index (χ0) is 72.9. The first kappa shape index (κ1) is 65.4. The summed E-state index contributed by atoms with van der Waals surface area (Å²) in [5.74, 6) is 3.95. The molecule has 110 heavy (non-hydrogen) atoms. The second-order valence-electron chi connectivity index (χ2n) is 27.3. The molecule has 0 aliphatic carbocycles. The Morgan fingerprint density at radius 1 is 0.182 bits per heavy atom. The summed E-state index contributed by atoms with van der Waals surface area (Å²) < 4.78 is 4.81. The molecule has 10 heteroatoms. The predicted molar refractivity (Wildman–Crippen MR) is 463 cm³/mol. The quantitative estimate of drug-likeness (QED) is 0.113. The number of nitrogens with zero attached hydrogens (tertiary/aromatic N) is 8. The number of anilines is 6. The molecule has 8 nitrogen and oxygen atoms in total. The van der Waals surface area contributed by atoms with Crippen molar-refractivity contribution in [2.45, 2.75) is 0 Å². The third-order valence-corrected chi connectivity index (χ3v) is 22.9. The van der Waals surface area contributed by atoms with Crippen LogP contribution in [0.2, 0.25) is 0 Å². The van der Waals surface area contributed by atoms with Crippen LogP contribution in [0.4, 0.5) is 34.1 Å². The molecular weight excluding hydrogens is 1380 g/mol. The van der Waals surface area contributed by atoms with E-state index >= 15 is 0 Å². The molecule has 0 amide bonds. The zero-order valence-corrected chi connectivity index (χ0v) is 61.0. The van der Waals surface area contributed by atoms with Crippen LogP contribution in [0.3, 0.4) is 0 Å². The number of benzene rings is 17. The average molecular weight is 1440 g/mol. The lowest BCUT2D eigenvalue weighted by molar-refractivity contribution is 1.08. The first-order chi connectivity index (χ1) is 54.5. The van der Waals surface area contributed by atoms with Gasteiger partial charge in [0.1, 0.15) is 0 Å². The van der Waals surface area contributed by atoms with Crippen LogP contribution in [-0.2, 0) is 0 Å². The van der Waals surface area contributed by atoms with Crippen LogP contribution in [0.25, 0.3) is 163 Å². The molecule has 4 aromatic heterocycles. The Bertz CT molecular complexity index is 6790. The van der Waals surface area contributed by atoms with Gasteiger partial charge in [0, 0.05) is 108 Å². The maximum atomic E-state index is 5.14. The summed E-state index contributed by atoms with van der Waals surface area (Å²) in [6, 6.07) is 137. The number of hydrogen-bond acceptors (Lipinski definition) is 10. The molecule has 0 aliphatic rings. The van der Waals surface area contributed by atoms with Crippen molar-refractivity contribution in [2.75, 3.05) is 9.80 Å². The predicted octanol–water partition coefficient (Wildman–Crippen LogP) is 27.7. The molecule has 0 bridgehead atoms. The van der Waals surface area contributed by atoms with E-state index in [1.165, 1.54) is 83.8 Å². The topological polar surface area (TPSA) is 83.8 Å². The molecule has 0 saturated heterocycles. The van der Waals surface area contributed by atoms with Gasteiger partial charge in [-0.05, 0) is 157 Å². The molecule has 0 atom stereocenters. The van der Waals surface area contributed by atoms with Crippen LogP contribution in [0.15, 0.2) is 388 Å². The molecular formula is C100H64N8S2. The SMILES string of the molecule is c1ccc(-c2nc(-c3ccccc3)nc(-c3cc4ccccc4c4c3sc3ccc(-c5ccc(N(c6ccccc6)c6ccccc6)cc5)cc34)n2)cc1.c1ccc(-c2nc(-c3ccccc3)nc(-c3cc4sc5ccc(N(c6ccc7ccccc7c6)c6ccc7ccccc7c6)cc5c4c4ccccc34)n2)cc1. The van der Waals surface area contributed by atoms with Gasteiger partial charge >= 0.3 is 0 Å². The van der Waals surface area contributed by atoms with Crippen LogP contribution in [0, 0.1) is 0 Å². The molecule has 0 N–H and O–H groups in total. The summed E-state index contributed by atoms with van der Waals surface area (Å²) in [5, 5.41) is 14.4. The van der Waals surface area contributed by atoms with E-state index in [0.717, 1.165) is 78.3 Å². The minimum absolute atomic E-state index is 0.655. The highest BCUT2D eigenvalue weighted by molar-refractivity contribution is 7.26. The first-order valence-electron chi connectivity index (χ1n) is 36.8. The number of aromatic nitrogens is 6. The standard InChI is InChI=1S/C51H32N4S.C49H32N4S/c1-3-15-35(16-4-1)49-52-50(36-17-5-2-6-18-36)54-51(53-49)44-32-47-48(43-22-12-11-21-42(43)44)45-31-41(27-28-46(45)56-47)55(39-25-23-33-13-7-9-19-37(33)29-39)40-26-24-34-14-8-10-20-38(34)30-40;1-5-15-34(16-6-1)47-50-48(35-17-7-2-8-18-35)52-49(51-47)43-32-37-19-13-14-24-41(37)45-42-31-36(27-30-44(42)54-46(43)45)33-25-28-40(29-26-33)53(38-20-9-3-10-21-38)39-22-11-4-12-23-39/h1-32H;1-32H. The lowest BCUT2D eigenvalue weighted by Gasteiger charge is -2.26. The fraction of sp³-hybridized carbons (Fsp3) is 0. The molecule has 4 heterocycles. The number of fused-ring (bicyclic) bond motifs is 12. The monoisotopic (exact) mass is 1440 g/mol. The molecule has 21 aromatic rings. The molecule has 0 unspecified atom stereocenters. The van der Waals surface area contributed by atoms with E-state index in [-0.39, 0.29) is 0 Å². The molecule has 0 aliphatic heterocycles. The van der Waals surface area contributed by atoms with E-state index in [0.29, 0.717) is 34.9 Å². The average Bonchev–Trinajstić information content (AvgIpc) is 1.57. The minimum Gasteiger partial charge on any atom is -0.311 e. The lowest BCUT2D eigenvalue weighted by Crippen LogP contribution is -2.09. The van der Waals surface area contributed by atoms with Gasteiger partial charge in [-0.25, -0.2) is 29.9 Å². The number of para-hydroxylation sites is 2. The maximum Gasteiger partial charge on any atom is 0.165 e. The molecule has 17 aromatic carbocycles. The van der Waals surface area contributed by atoms with Crippen LogP contribution in [0.1, 0.15) is 0 Å². The highest BCUT2D eigenvalue weighted by atomic mass is 32.1. The molecule has 0 saturated carbocycles. The molecule has 516 valence electrons. The lowest BCUT2D eigenvalue weighted by atomic mass is 9.97. The van der Waals surface area contributed by atoms with E-state index < -0.39 is 0 Å². The van der Waals surface area contributed by atoms with Crippen molar-refractivity contribution in [3.63, 3.8) is 0 Å². The normalized spacial score (nSPS) is 11.5. The Morgan fingerprint density at radius 3 is 1.07 bits per heavy atom. The van der Waals surface area contributed by atoms with Crippen LogP contribution in [-0.4, -0.2) is 29.9 Å². The number of rotatable bonds is 13. The highest BCUT2D eigenvalue weighted by Gasteiger charge is 2.24. The Labute approximate surface area is 643 Å². The highest BCUT2D eigenvalue weighted by Crippen LogP contribution is 2.49. The fourth-order valence-electron chi connectivity index (χ4n) is 15.3. The number of hydrogen-bond donors (Lipinski definition) is 0. The van der Waals surface area contributed by atoms with E-state index in [2.05, 4.69) is 325 Å². The molecule has 0 spiro atoms. The van der Waals surface area contributed by atoms with Gasteiger partial charge in [-0.3, -0.25) is 0 Å². The zero-order valence-electron chi connectivity index (χ0n) is 59.3. The van der Waals surface area contributed by atoms with Crippen molar-refractivity contribution in [1.29, 1.82) is 0 Å². The van der Waals surface area contributed by atoms with Crippen LogP contribution >= 0.6 is 22.7 Å². The molecule has 21 rings (SSSR count). The van der Waals surface area contributed by atoms with E-state index in [9.17, 15) is 0 Å². The van der Waals surface area contributed by atoms with Crippen molar-refractivity contribution in [2.24, 2.45) is 0 Å². The summed E-state index contributed by atoms with van der Waals surface area (Å²) >= 11 is 3.61. The van der Waals surface area contributed by atoms with Gasteiger partial charge < -0.3 is 9.80 Å². The Hall–Kier alpha value is -14.2. The second kappa shape index (κ2) is 28.3. The van der Waals surface area contributed by atoms with Gasteiger partial charge in [-0.15, -0.1) is 22.7 Å². The van der Waals surface area contributed by atoms with Gasteiger partial charge in [-0.2, -0.15) is 0 Å². The van der Waals surface area contributed by atoms with Crippen molar-refractivity contribution in [3.05, 3.63) is 388 Å². The minimum atomic E-state index is 0.655. The van der Waals surface area contributed by atoms with Gasteiger partial charge in [0.05, 0.1) is 0 Å².